The van der Waals surface area contributed by atoms with E-state index in [1.165, 1.54) is 5.56 Å². The lowest BCUT2D eigenvalue weighted by Gasteiger charge is -2.14. The van der Waals surface area contributed by atoms with Crippen molar-refractivity contribution in [3.63, 3.8) is 0 Å². The van der Waals surface area contributed by atoms with Gasteiger partial charge in [-0.2, -0.15) is 15.5 Å². The monoisotopic (exact) mass is 699 g/mol. The molecule has 0 saturated carbocycles. The molecular weight excluding hydrogens is 653 g/mol. The number of rotatable bonds is 4. The number of carbonyl (C=O) groups excluding carboxylic acids is 2. The Hall–Kier alpha value is -5.16. The zero-order chi connectivity index (χ0) is 36.7. The molecule has 1 aliphatic carbocycles. The number of Topliss-reactive ketones (excluding diaryl/α,β-unsaturated/α-hetero) is 1. The van der Waals surface area contributed by atoms with Gasteiger partial charge in [0.05, 0.1) is 51.0 Å². The maximum atomic E-state index is 12.5. The Labute approximate surface area is 302 Å². The van der Waals surface area contributed by atoms with Crippen molar-refractivity contribution >= 4 is 42.9 Å². The Morgan fingerprint density at radius 2 is 1.25 bits per heavy atom. The van der Waals surface area contributed by atoms with Gasteiger partial charge in [-0.1, -0.05) is 58.0 Å². The van der Waals surface area contributed by atoms with Crippen molar-refractivity contribution in [1.82, 2.24) is 29.1 Å². The van der Waals surface area contributed by atoms with Gasteiger partial charge in [0, 0.05) is 42.3 Å². The molecule has 6 aromatic rings. The summed E-state index contributed by atoms with van der Waals surface area (Å²) < 4.78 is 5.57. The summed E-state index contributed by atoms with van der Waals surface area (Å²) in [7, 11) is 6.63. The molecule has 0 N–H and O–H groups in total. The van der Waals surface area contributed by atoms with E-state index in [4.69, 9.17) is 10.4 Å². The first-order chi connectivity index (χ1) is 24.8. The zero-order valence-electron chi connectivity index (χ0n) is 30.3. The van der Waals surface area contributed by atoms with Crippen molar-refractivity contribution < 1.29 is 9.59 Å². The number of benzene rings is 4. The Balaban J connectivity index is 0.000000181. The molecule has 4 aromatic carbocycles. The SMILES string of the molecule is CC.CC.CN(C)Cc1ccc(-n2nc3cccc4c3c2CCCC4=O)cc1.N#Cc1ccc(-n2nc3cccc4c3c2CCN(P)C4=O)cc1. The summed E-state index contributed by atoms with van der Waals surface area (Å²) in [5.41, 5.74) is 9.27. The van der Waals surface area contributed by atoms with Gasteiger partial charge in [0.25, 0.3) is 5.91 Å². The first kappa shape index (κ1) is 37.1. The Bertz CT molecular complexity index is 2190. The Morgan fingerprint density at radius 3 is 1.82 bits per heavy atom. The molecule has 0 saturated heterocycles. The molecule has 262 valence electrons. The number of ketones is 1. The molecule has 1 unspecified atom stereocenters. The minimum absolute atomic E-state index is 0.00118. The lowest BCUT2D eigenvalue weighted by atomic mass is 10.0. The van der Waals surface area contributed by atoms with Crippen LogP contribution in [0, 0.1) is 11.3 Å². The second-order valence-corrected chi connectivity index (χ2v) is 12.8. The van der Waals surface area contributed by atoms with E-state index in [0.29, 0.717) is 24.1 Å². The fourth-order valence-electron chi connectivity index (χ4n) is 6.52. The van der Waals surface area contributed by atoms with Crippen molar-refractivity contribution in [3.05, 3.63) is 119 Å². The smallest absolute Gasteiger partial charge is 0.257 e. The van der Waals surface area contributed by atoms with Crippen LogP contribution >= 0.6 is 9.39 Å². The number of nitrogens with zero attached hydrogens (tertiary/aromatic N) is 7. The number of hydrogen-bond acceptors (Lipinski definition) is 6. The highest BCUT2D eigenvalue weighted by molar-refractivity contribution is 7.14. The molecule has 0 radical (unpaired) electrons. The predicted octanol–water partition coefficient (Wildman–Crippen LogP) is 8.34. The summed E-state index contributed by atoms with van der Waals surface area (Å²) >= 11 is 0. The molecule has 0 bridgehead atoms. The largest absolute Gasteiger partial charge is 0.323 e. The van der Waals surface area contributed by atoms with Crippen LogP contribution in [0.5, 0.6) is 0 Å². The average molecular weight is 700 g/mol. The second-order valence-electron chi connectivity index (χ2n) is 12.2. The van der Waals surface area contributed by atoms with Gasteiger partial charge in [0.2, 0.25) is 0 Å². The molecule has 1 atom stereocenters. The molecule has 1 amide bonds. The molecule has 3 heterocycles. The Morgan fingerprint density at radius 1 is 0.725 bits per heavy atom. The van der Waals surface area contributed by atoms with Crippen molar-refractivity contribution in [1.29, 1.82) is 5.26 Å². The average Bonchev–Trinajstić information content (AvgIpc) is 3.64. The highest BCUT2D eigenvalue weighted by Gasteiger charge is 2.26. The van der Waals surface area contributed by atoms with Crippen molar-refractivity contribution in [3.8, 4) is 17.4 Å². The van der Waals surface area contributed by atoms with Gasteiger partial charge in [-0.05, 0) is 96.5 Å². The summed E-state index contributed by atoms with van der Waals surface area (Å²) in [6.45, 7) is 9.54. The summed E-state index contributed by atoms with van der Waals surface area (Å²) in [6, 6.07) is 29.5. The third-order valence-corrected chi connectivity index (χ3v) is 9.20. The highest BCUT2D eigenvalue weighted by Crippen LogP contribution is 2.32. The maximum absolute atomic E-state index is 12.5. The van der Waals surface area contributed by atoms with Crippen LogP contribution in [-0.4, -0.2) is 61.5 Å². The molecule has 0 fully saturated rings. The van der Waals surface area contributed by atoms with Gasteiger partial charge in [0.15, 0.2) is 5.78 Å². The van der Waals surface area contributed by atoms with E-state index >= 15 is 0 Å². The van der Waals surface area contributed by atoms with Crippen LogP contribution in [0.2, 0.25) is 0 Å². The van der Waals surface area contributed by atoms with Gasteiger partial charge < -0.3 is 9.57 Å². The van der Waals surface area contributed by atoms with Crippen molar-refractivity contribution in [2.75, 3.05) is 20.6 Å². The molecule has 51 heavy (non-hydrogen) atoms. The fourth-order valence-corrected chi connectivity index (χ4v) is 6.79. The predicted molar refractivity (Wildman–Crippen MR) is 209 cm³/mol. The summed E-state index contributed by atoms with van der Waals surface area (Å²) in [6.07, 6.45) is 3.12. The first-order valence-corrected chi connectivity index (χ1v) is 18.2. The molecule has 1 aliphatic heterocycles. The highest BCUT2D eigenvalue weighted by atomic mass is 31.0. The van der Waals surface area contributed by atoms with E-state index in [2.05, 4.69) is 63.8 Å². The molecule has 9 nitrogen and oxygen atoms in total. The van der Waals surface area contributed by atoms with Crippen molar-refractivity contribution in [2.24, 2.45) is 0 Å². The number of aromatic nitrogens is 4. The van der Waals surface area contributed by atoms with Gasteiger partial charge in [-0.15, -0.1) is 0 Å². The van der Waals surface area contributed by atoms with Gasteiger partial charge in [-0.25, -0.2) is 9.36 Å². The van der Waals surface area contributed by atoms with Crippen LogP contribution in [0.1, 0.15) is 83.8 Å². The van der Waals surface area contributed by atoms with E-state index in [1.54, 1.807) is 16.8 Å². The summed E-state index contributed by atoms with van der Waals surface area (Å²) in [5.74, 6) is 0.235. The van der Waals surface area contributed by atoms with Crippen molar-refractivity contribution in [2.45, 2.75) is 59.9 Å². The molecule has 2 aromatic heterocycles. The number of nitriles is 1. The molecular formula is C41H46N7O2P. The lowest BCUT2D eigenvalue weighted by Crippen LogP contribution is -2.21. The number of aryl methyl sites for hydroxylation is 1. The van der Waals surface area contributed by atoms with Crippen LogP contribution in [0.15, 0.2) is 84.9 Å². The van der Waals surface area contributed by atoms with E-state index in [-0.39, 0.29) is 11.7 Å². The molecule has 10 heteroatoms. The van der Waals surface area contributed by atoms with Crippen LogP contribution in [-0.2, 0) is 19.4 Å². The first-order valence-electron chi connectivity index (χ1n) is 17.7. The molecule has 8 rings (SSSR count). The number of carbonyl (C=O) groups is 2. The zero-order valence-corrected chi connectivity index (χ0v) is 31.5. The van der Waals surface area contributed by atoms with E-state index in [9.17, 15) is 9.59 Å². The third kappa shape index (κ3) is 7.63. The van der Waals surface area contributed by atoms with Gasteiger partial charge in [0.1, 0.15) is 0 Å². The topological polar surface area (TPSA) is 100 Å². The van der Waals surface area contributed by atoms with Crippen LogP contribution in [0.4, 0.5) is 0 Å². The van der Waals surface area contributed by atoms with Crippen LogP contribution in [0.3, 0.4) is 0 Å². The maximum Gasteiger partial charge on any atom is 0.257 e. The third-order valence-electron chi connectivity index (χ3n) is 8.71. The Kier molecular flexibility index (Phi) is 12.1. The van der Waals surface area contributed by atoms with E-state index < -0.39 is 0 Å². The number of hydrogen-bond donors (Lipinski definition) is 0. The summed E-state index contributed by atoms with van der Waals surface area (Å²) in [5, 5.41) is 20.3. The van der Waals surface area contributed by atoms with Gasteiger partial charge in [-0.3, -0.25) is 9.59 Å². The molecule has 2 aliphatic rings. The quantitative estimate of drug-likeness (QED) is 0.172. The molecule has 0 spiro atoms. The fraction of sp³-hybridized carbons (Fsp3) is 0.293. The standard InChI is InChI=1S/C20H21N3O.C17H13N4OP.2C2H6/c1-22(2)13-14-9-11-15(12-10-14)23-18-7-4-8-19(24)16-5-3-6-17(21-23)20(16)18;18-10-11-4-6-12(7-5-11)21-15-8-9-20(23)17(22)13-2-1-3-14(19-21)16(13)15;2*1-2/h3,5-6,9-12H,4,7-8,13H2,1-2H3;1-7H,8-9,23H2;2*1-2H3. The van der Waals surface area contributed by atoms with E-state index in [1.807, 2.05) is 85.6 Å². The normalized spacial score (nSPS) is 13.3. The number of amides is 1. The second kappa shape index (κ2) is 16.7. The lowest BCUT2D eigenvalue weighted by molar-refractivity contribution is 0.0875. The summed E-state index contributed by atoms with van der Waals surface area (Å²) in [4.78, 5) is 27.0. The van der Waals surface area contributed by atoms with Gasteiger partial charge >= 0.3 is 0 Å². The minimum Gasteiger partial charge on any atom is -0.323 e. The van der Waals surface area contributed by atoms with Crippen LogP contribution in [0.25, 0.3) is 33.2 Å². The minimum atomic E-state index is -0.00118. The van der Waals surface area contributed by atoms with Crippen LogP contribution < -0.4 is 0 Å². The van der Waals surface area contributed by atoms with E-state index in [0.717, 1.165) is 75.9 Å².